The van der Waals surface area contributed by atoms with Crippen molar-refractivity contribution in [2.24, 2.45) is 0 Å². The number of fused-ring (bicyclic) bond motifs is 5. The lowest BCUT2D eigenvalue weighted by molar-refractivity contribution is 1.25. The molecule has 0 radical (unpaired) electrons. The molecule has 0 bridgehead atoms. The molecule has 0 amide bonds. The molecule has 2 heterocycles. The first kappa shape index (κ1) is 31.6. The van der Waals surface area contributed by atoms with Crippen LogP contribution in [-0.2, 0) is 0 Å². The van der Waals surface area contributed by atoms with E-state index in [-0.39, 0.29) is 0 Å². The highest BCUT2D eigenvalue weighted by Crippen LogP contribution is 2.41. The Bertz CT molecular complexity index is 2790. The van der Waals surface area contributed by atoms with Crippen LogP contribution in [-0.4, -0.2) is 4.40 Å². The number of aromatic nitrogens is 1. The maximum Gasteiger partial charge on any atom is 0.0541 e. The summed E-state index contributed by atoms with van der Waals surface area (Å²) in [5.74, 6) is 0. The summed E-state index contributed by atoms with van der Waals surface area (Å²) >= 11 is 0. The number of benzene rings is 8. The summed E-state index contributed by atoms with van der Waals surface area (Å²) in [5, 5.41) is 3.82. The van der Waals surface area contributed by atoms with Crippen molar-refractivity contribution in [2.45, 2.75) is 0 Å². The molecule has 0 atom stereocenters. The monoisotopic (exact) mass is 688 g/mol. The van der Waals surface area contributed by atoms with Gasteiger partial charge in [-0.25, -0.2) is 0 Å². The third kappa shape index (κ3) is 5.62. The topological polar surface area (TPSA) is 7.65 Å². The minimum absolute atomic E-state index is 1.10. The van der Waals surface area contributed by atoms with Gasteiger partial charge in [-0.2, -0.15) is 0 Å². The van der Waals surface area contributed by atoms with Gasteiger partial charge in [-0.15, -0.1) is 0 Å². The van der Waals surface area contributed by atoms with Crippen molar-refractivity contribution in [3.63, 3.8) is 0 Å². The predicted octanol–water partition coefficient (Wildman–Crippen LogP) is 14.4. The number of nitrogens with zero attached hydrogens (tertiary/aromatic N) is 2. The molecule has 2 heteroatoms. The van der Waals surface area contributed by atoms with Gasteiger partial charge in [-0.1, -0.05) is 164 Å². The van der Waals surface area contributed by atoms with Gasteiger partial charge >= 0.3 is 0 Å². The van der Waals surface area contributed by atoms with E-state index in [1.807, 2.05) is 0 Å². The summed E-state index contributed by atoms with van der Waals surface area (Å²) in [6.07, 6.45) is 2.30. The summed E-state index contributed by atoms with van der Waals surface area (Å²) in [5.41, 5.74) is 15.4. The van der Waals surface area contributed by atoms with E-state index < -0.39 is 0 Å². The number of hydrogen-bond donors (Lipinski definition) is 0. The summed E-state index contributed by atoms with van der Waals surface area (Å²) in [7, 11) is 0. The molecule has 8 aromatic carbocycles. The van der Waals surface area contributed by atoms with Crippen molar-refractivity contribution in [3.8, 4) is 44.5 Å². The molecule has 10 rings (SSSR count). The van der Waals surface area contributed by atoms with E-state index in [2.05, 4.69) is 228 Å². The molecule has 10 aromatic rings. The van der Waals surface area contributed by atoms with Crippen LogP contribution >= 0.6 is 0 Å². The van der Waals surface area contributed by atoms with Gasteiger partial charge in [0.2, 0.25) is 0 Å². The number of pyridine rings is 1. The van der Waals surface area contributed by atoms with Crippen LogP contribution in [0.3, 0.4) is 0 Å². The van der Waals surface area contributed by atoms with Crippen LogP contribution in [0.4, 0.5) is 17.1 Å². The van der Waals surface area contributed by atoms with Crippen LogP contribution in [0, 0.1) is 0 Å². The fourth-order valence-electron chi connectivity index (χ4n) is 7.94. The lowest BCUT2D eigenvalue weighted by Gasteiger charge is -2.26. The highest BCUT2D eigenvalue weighted by Gasteiger charge is 2.18. The van der Waals surface area contributed by atoms with Gasteiger partial charge < -0.3 is 9.30 Å². The Morgan fingerprint density at radius 3 is 1.24 bits per heavy atom. The van der Waals surface area contributed by atoms with E-state index in [4.69, 9.17) is 0 Å². The van der Waals surface area contributed by atoms with Crippen LogP contribution in [0.2, 0.25) is 0 Å². The maximum atomic E-state index is 2.38. The van der Waals surface area contributed by atoms with Crippen molar-refractivity contribution >= 4 is 44.3 Å². The second kappa shape index (κ2) is 13.4. The average molecular weight is 689 g/mol. The Morgan fingerprint density at radius 2 is 0.704 bits per heavy atom. The van der Waals surface area contributed by atoms with Gasteiger partial charge in [0.25, 0.3) is 0 Å². The molecule has 0 aliphatic rings. The predicted molar refractivity (Wildman–Crippen MR) is 229 cm³/mol. The molecule has 0 saturated carbocycles. The van der Waals surface area contributed by atoms with Crippen LogP contribution in [0.15, 0.2) is 219 Å². The first-order chi connectivity index (χ1) is 26.8. The van der Waals surface area contributed by atoms with E-state index in [0.717, 1.165) is 17.1 Å². The molecule has 254 valence electrons. The molecule has 0 N–H and O–H groups in total. The maximum absolute atomic E-state index is 2.38. The van der Waals surface area contributed by atoms with Gasteiger partial charge in [-0.3, -0.25) is 0 Å². The Labute approximate surface area is 315 Å². The highest BCUT2D eigenvalue weighted by molar-refractivity contribution is 6.18. The summed E-state index contributed by atoms with van der Waals surface area (Å²) in [6, 6.07) is 76.4. The van der Waals surface area contributed by atoms with Crippen molar-refractivity contribution in [1.29, 1.82) is 0 Å². The van der Waals surface area contributed by atoms with E-state index in [1.54, 1.807) is 0 Å². The SMILES string of the molecule is c1ccc(-c2ccc(N(c3ccc(-c4ccccc4)cc3)c3ccc(-c4ccc5c(-c6ccccc6)c6c7ccccc7ccc6n5c4)cc3)cc2)cc1. The molecule has 0 aliphatic carbocycles. The minimum Gasteiger partial charge on any atom is -0.315 e. The first-order valence-corrected chi connectivity index (χ1v) is 18.5. The lowest BCUT2D eigenvalue weighted by atomic mass is 9.98. The average Bonchev–Trinajstić information content (AvgIpc) is 3.60. The number of hydrogen-bond acceptors (Lipinski definition) is 1. The Balaban J connectivity index is 1.06. The highest BCUT2D eigenvalue weighted by atomic mass is 15.1. The van der Waals surface area contributed by atoms with E-state index in [9.17, 15) is 0 Å². The summed E-state index contributed by atoms with van der Waals surface area (Å²) in [4.78, 5) is 2.34. The van der Waals surface area contributed by atoms with Crippen LogP contribution in [0.5, 0.6) is 0 Å². The Kier molecular flexibility index (Phi) is 7.85. The third-order valence-electron chi connectivity index (χ3n) is 10.6. The van der Waals surface area contributed by atoms with Gasteiger partial charge in [0.05, 0.1) is 11.0 Å². The molecular weight excluding hydrogens is 653 g/mol. The zero-order chi connectivity index (χ0) is 35.8. The summed E-state index contributed by atoms with van der Waals surface area (Å²) < 4.78 is 2.38. The molecule has 0 fully saturated rings. The molecule has 0 spiro atoms. The smallest absolute Gasteiger partial charge is 0.0541 e. The van der Waals surface area contributed by atoms with Gasteiger partial charge in [0.15, 0.2) is 0 Å². The second-order valence-corrected chi connectivity index (χ2v) is 13.8. The van der Waals surface area contributed by atoms with Crippen molar-refractivity contribution in [1.82, 2.24) is 4.40 Å². The lowest BCUT2D eigenvalue weighted by Crippen LogP contribution is -2.09. The molecular formula is C52H36N2. The van der Waals surface area contributed by atoms with Crippen molar-refractivity contribution < 1.29 is 0 Å². The van der Waals surface area contributed by atoms with Crippen molar-refractivity contribution in [2.75, 3.05) is 4.90 Å². The van der Waals surface area contributed by atoms with Gasteiger partial charge in [0, 0.05) is 34.2 Å². The summed E-state index contributed by atoms with van der Waals surface area (Å²) in [6.45, 7) is 0. The largest absolute Gasteiger partial charge is 0.315 e. The third-order valence-corrected chi connectivity index (χ3v) is 10.6. The fraction of sp³-hybridized carbons (Fsp3) is 0. The second-order valence-electron chi connectivity index (χ2n) is 13.8. The van der Waals surface area contributed by atoms with E-state index in [0.29, 0.717) is 0 Å². The van der Waals surface area contributed by atoms with Crippen LogP contribution in [0.1, 0.15) is 0 Å². The molecule has 2 aromatic heterocycles. The molecule has 0 aliphatic heterocycles. The quantitative estimate of drug-likeness (QED) is 0.162. The normalized spacial score (nSPS) is 11.3. The van der Waals surface area contributed by atoms with Crippen LogP contribution < -0.4 is 4.90 Å². The van der Waals surface area contributed by atoms with Gasteiger partial charge in [-0.05, 0) is 98.2 Å². The number of anilines is 3. The van der Waals surface area contributed by atoms with E-state index in [1.165, 1.54) is 71.7 Å². The van der Waals surface area contributed by atoms with Crippen LogP contribution in [0.25, 0.3) is 71.7 Å². The fourth-order valence-corrected chi connectivity index (χ4v) is 7.94. The van der Waals surface area contributed by atoms with Crippen molar-refractivity contribution in [3.05, 3.63) is 219 Å². The molecule has 0 unspecified atom stereocenters. The zero-order valence-corrected chi connectivity index (χ0v) is 29.7. The minimum atomic E-state index is 1.10. The zero-order valence-electron chi connectivity index (χ0n) is 29.7. The molecule has 2 nitrogen and oxygen atoms in total. The Morgan fingerprint density at radius 1 is 0.296 bits per heavy atom. The Hall–Kier alpha value is -7.16. The standard InChI is InChI=1S/C52H36N2/c1-4-12-37(13-5-1)39-20-28-45(29-21-39)54(46-30-22-40(23-31-46)38-14-6-2-7-15-38)47-32-24-41(25-33-47)44-27-35-49-51(43-17-8-3-9-18-43)52-48-19-11-10-16-42(48)26-34-50(52)53(49)36-44/h1-36H. The first-order valence-electron chi connectivity index (χ1n) is 18.5. The molecule has 54 heavy (non-hydrogen) atoms. The number of rotatable bonds is 7. The molecule has 0 saturated heterocycles. The van der Waals surface area contributed by atoms with E-state index >= 15 is 0 Å². The van der Waals surface area contributed by atoms with Gasteiger partial charge in [0.1, 0.15) is 0 Å².